The van der Waals surface area contributed by atoms with Gasteiger partial charge in [-0.2, -0.15) is 5.26 Å². The molecular weight excluding hydrogens is 671 g/mol. The van der Waals surface area contributed by atoms with Gasteiger partial charge in [-0.25, -0.2) is 4.85 Å². The standard InChI is InChI=1S/C50H31N5/c1-52-44-23-14-15-34(32-51)49(44)35-29-38(54-45-24-11-8-20-40(45)41-33-53-28-27-46(41)54)31-39(30-35)55-47-25-12-9-21-42(47)50(36-16-4-2-5-17-36,37-18-6-3-7-19-37)43-22-10-13-26-48(43)55/h2-31,33H. The molecule has 5 nitrogen and oxygen atoms in total. The van der Waals surface area contributed by atoms with E-state index in [2.05, 4.69) is 183 Å². The lowest BCUT2D eigenvalue weighted by Gasteiger charge is -2.46. The van der Waals surface area contributed by atoms with Gasteiger partial charge in [0.05, 0.1) is 40.5 Å². The monoisotopic (exact) mass is 701 g/mol. The Bertz CT molecular complexity index is 2850. The minimum absolute atomic E-state index is 0.431. The van der Waals surface area contributed by atoms with E-state index in [9.17, 15) is 5.26 Å². The molecule has 7 aromatic carbocycles. The highest BCUT2D eigenvalue weighted by Crippen LogP contribution is 2.58. The Kier molecular flexibility index (Phi) is 7.40. The number of hydrogen-bond donors (Lipinski definition) is 0. The maximum atomic E-state index is 10.4. The topological polar surface area (TPSA) is 49.2 Å². The van der Waals surface area contributed by atoms with Crippen LogP contribution in [0.1, 0.15) is 27.8 Å². The van der Waals surface area contributed by atoms with Crippen LogP contribution in [-0.4, -0.2) is 9.55 Å². The van der Waals surface area contributed by atoms with Gasteiger partial charge < -0.3 is 9.47 Å². The molecule has 55 heavy (non-hydrogen) atoms. The second kappa shape index (κ2) is 12.7. The fraction of sp³-hybridized carbons (Fsp3) is 0.0200. The molecule has 0 amide bonds. The lowest BCUT2D eigenvalue weighted by molar-refractivity contribution is 0.731. The number of hydrogen-bond acceptors (Lipinski definition) is 3. The maximum Gasteiger partial charge on any atom is 0.196 e. The molecule has 256 valence electrons. The first-order valence-electron chi connectivity index (χ1n) is 18.2. The molecule has 0 atom stereocenters. The summed E-state index contributed by atoms with van der Waals surface area (Å²) < 4.78 is 2.27. The summed E-state index contributed by atoms with van der Waals surface area (Å²) in [4.78, 5) is 10.8. The van der Waals surface area contributed by atoms with E-state index in [0.717, 1.165) is 61.2 Å². The number of anilines is 3. The molecule has 0 saturated heterocycles. The van der Waals surface area contributed by atoms with Crippen molar-refractivity contribution in [2.75, 3.05) is 4.90 Å². The van der Waals surface area contributed by atoms with Crippen molar-refractivity contribution in [1.82, 2.24) is 9.55 Å². The highest BCUT2D eigenvalue weighted by atomic mass is 15.2. The first-order chi connectivity index (χ1) is 27.2. The van der Waals surface area contributed by atoms with Crippen molar-refractivity contribution < 1.29 is 0 Å². The summed E-state index contributed by atoms with van der Waals surface area (Å²) in [5.74, 6) is 0. The molecule has 5 heteroatoms. The predicted molar refractivity (Wildman–Crippen MR) is 222 cm³/mol. The zero-order chi connectivity index (χ0) is 36.9. The third-order valence-corrected chi connectivity index (χ3v) is 11.0. The Hall–Kier alpha value is -7.73. The Morgan fingerprint density at radius 3 is 1.85 bits per heavy atom. The quantitative estimate of drug-likeness (QED) is 0.168. The fourth-order valence-electron chi connectivity index (χ4n) is 8.81. The van der Waals surface area contributed by atoms with Gasteiger partial charge in [-0.1, -0.05) is 127 Å². The van der Waals surface area contributed by atoms with Gasteiger partial charge in [0.1, 0.15) is 0 Å². The fourth-order valence-corrected chi connectivity index (χ4v) is 8.81. The Morgan fingerprint density at radius 2 is 1.18 bits per heavy atom. The molecule has 0 fully saturated rings. The largest absolute Gasteiger partial charge is 0.310 e. The lowest BCUT2D eigenvalue weighted by atomic mass is 9.62. The van der Waals surface area contributed by atoms with Crippen LogP contribution in [-0.2, 0) is 5.41 Å². The van der Waals surface area contributed by atoms with E-state index in [1.807, 2.05) is 12.4 Å². The summed E-state index contributed by atoms with van der Waals surface area (Å²) >= 11 is 0. The molecule has 0 radical (unpaired) electrons. The number of para-hydroxylation sites is 3. The molecule has 1 aliphatic rings. The molecule has 3 heterocycles. The minimum Gasteiger partial charge on any atom is -0.310 e. The van der Waals surface area contributed by atoms with E-state index >= 15 is 0 Å². The average molecular weight is 702 g/mol. The van der Waals surface area contributed by atoms with E-state index in [4.69, 9.17) is 6.57 Å². The van der Waals surface area contributed by atoms with E-state index in [1.54, 1.807) is 18.2 Å². The molecule has 0 saturated carbocycles. The van der Waals surface area contributed by atoms with E-state index in [1.165, 1.54) is 11.1 Å². The Labute approximate surface area is 319 Å². The molecule has 2 aromatic heterocycles. The van der Waals surface area contributed by atoms with Crippen molar-refractivity contribution in [3.8, 4) is 22.9 Å². The minimum atomic E-state index is -0.614. The summed E-state index contributed by atoms with van der Waals surface area (Å²) in [6, 6.07) is 63.6. The zero-order valence-corrected chi connectivity index (χ0v) is 29.6. The molecular formula is C50H31N5. The van der Waals surface area contributed by atoms with Crippen LogP contribution in [0.5, 0.6) is 0 Å². The van der Waals surface area contributed by atoms with Gasteiger partial charge in [-0.15, -0.1) is 0 Å². The smallest absolute Gasteiger partial charge is 0.196 e. The third-order valence-electron chi connectivity index (χ3n) is 11.0. The van der Waals surface area contributed by atoms with Gasteiger partial charge in [-0.05, 0) is 76.3 Å². The first-order valence-corrected chi connectivity index (χ1v) is 18.2. The van der Waals surface area contributed by atoms with Crippen LogP contribution < -0.4 is 4.90 Å². The number of rotatable bonds is 5. The van der Waals surface area contributed by atoms with Crippen LogP contribution in [0, 0.1) is 17.9 Å². The normalized spacial score (nSPS) is 12.8. The Balaban J connectivity index is 1.33. The highest BCUT2D eigenvalue weighted by Gasteiger charge is 2.46. The Morgan fingerprint density at radius 1 is 0.582 bits per heavy atom. The third kappa shape index (κ3) is 4.74. The molecule has 0 N–H and O–H groups in total. The number of fused-ring (bicyclic) bond motifs is 5. The average Bonchev–Trinajstić information content (AvgIpc) is 3.60. The molecule has 0 spiro atoms. The number of benzene rings is 7. The van der Waals surface area contributed by atoms with Crippen molar-refractivity contribution in [3.63, 3.8) is 0 Å². The number of nitriles is 1. The van der Waals surface area contributed by atoms with Gasteiger partial charge in [0.15, 0.2) is 5.69 Å². The van der Waals surface area contributed by atoms with Crippen molar-refractivity contribution in [2.24, 2.45) is 0 Å². The summed E-state index contributed by atoms with van der Waals surface area (Å²) in [6.45, 7) is 8.16. The van der Waals surface area contributed by atoms with Gasteiger partial charge in [0.2, 0.25) is 0 Å². The van der Waals surface area contributed by atoms with E-state index < -0.39 is 5.41 Å². The van der Waals surface area contributed by atoms with Crippen molar-refractivity contribution in [1.29, 1.82) is 5.26 Å². The molecule has 0 aliphatic carbocycles. The second-order valence-corrected chi connectivity index (χ2v) is 13.8. The van der Waals surface area contributed by atoms with Crippen LogP contribution in [0.15, 0.2) is 188 Å². The van der Waals surface area contributed by atoms with Crippen LogP contribution in [0.3, 0.4) is 0 Å². The molecule has 9 aromatic rings. The summed E-state index contributed by atoms with van der Waals surface area (Å²) in [6.07, 6.45) is 3.75. The SMILES string of the molecule is [C-]#[N+]c1cccc(C#N)c1-c1cc(N2c3ccccc3C(c3ccccc3)(c3ccccc3)c3ccccc32)cc(-n2c3ccccc3c3cnccc32)c1. The van der Waals surface area contributed by atoms with Gasteiger partial charge in [0.25, 0.3) is 0 Å². The number of aromatic nitrogens is 2. The maximum absolute atomic E-state index is 10.4. The van der Waals surface area contributed by atoms with Crippen molar-refractivity contribution in [2.45, 2.75) is 5.41 Å². The number of nitrogens with zero attached hydrogens (tertiary/aromatic N) is 5. The molecule has 1 aliphatic heterocycles. The van der Waals surface area contributed by atoms with Crippen LogP contribution in [0.2, 0.25) is 0 Å². The predicted octanol–water partition coefficient (Wildman–Crippen LogP) is 12.4. The zero-order valence-electron chi connectivity index (χ0n) is 29.6. The van der Waals surface area contributed by atoms with Crippen LogP contribution in [0.4, 0.5) is 22.7 Å². The number of pyridine rings is 1. The van der Waals surface area contributed by atoms with Crippen LogP contribution in [0.25, 0.3) is 43.5 Å². The van der Waals surface area contributed by atoms with Gasteiger partial charge in [0, 0.05) is 45.7 Å². The highest BCUT2D eigenvalue weighted by molar-refractivity contribution is 6.09. The van der Waals surface area contributed by atoms with E-state index in [0.29, 0.717) is 16.8 Å². The van der Waals surface area contributed by atoms with Gasteiger partial charge in [-0.3, -0.25) is 4.98 Å². The van der Waals surface area contributed by atoms with Crippen molar-refractivity contribution >= 4 is 44.6 Å². The van der Waals surface area contributed by atoms with E-state index in [-0.39, 0.29) is 0 Å². The second-order valence-electron chi connectivity index (χ2n) is 13.8. The van der Waals surface area contributed by atoms with Gasteiger partial charge >= 0.3 is 0 Å². The summed E-state index contributed by atoms with van der Waals surface area (Å²) in [5, 5.41) is 12.6. The van der Waals surface area contributed by atoms with Crippen molar-refractivity contribution in [3.05, 3.63) is 228 Å². The summed E-state index contributed by atoms with van der Waals surface area (Å²) in [5.41, 5.74) is 12.3. The first kappa shape index (κ1) is 32.0. The van der Waals surface area contributed by atoms with Crippen LogP contribution >= 0.6 is 0 Å². The summed E-state index contributed by atoms with van der Waals surface area (Å²) in [7, 11) is 0. The lowest BCUT2D eigenvalue weighted by Crippen LogP contribution is -2.37. The molecule has 0 bridgehead atoms. The molecule has 10 rings (SSSR count). The molecule has 0 unspecified atom stereocenters.